The van der Waals surface area contributed by atoms with Crippen LogP contribution < -0.4 is 5.11 Å². The van der Waals surface area contributed by atoms with Gasteiger partial charge in [-0.2, -0.15) is 0 Å². The molecule has 0 N–H and O–H groups in total. The van der Waals surface area contributed by atoms with Gasteiger partial charge in [-0.1, -0.05) is 24.3 Å². The van der Waals surface area contributed by atoms with Gasteiger partial charge in [0.05, 0.1) is 18.0 Å². The minimum Gasteiger partial charge on any atom is -0.545 e. The van der Waals surface area contributed by atoms with E-state index >= 15 is 0 Å². The summed E-state index contributed by atoms with van der Waals surface area (Å²) in [7, 11) is 1.16. The molecule has 0 unspecified atom stereocenters. The molecule has 0 radical (unpaired) electrons. The number of carboxylic acids is 1. The number of thioether (sulfide) groups is 1. The van der Waals surface area contributed by atoms with E-state index in [0.717, 1.165) is 12.0 Å². The largest absolute Gasteiger partial charge is 0.545 e. The van der Waals surface area contributed by atoms with Gasteiger partial charge in [0.2, 0.25) is 0 Å². The van der Waals surface area contributed by atoms with Crippen molar-refractivity contribution in [3.05, 3.63) is 40.3 Å². The molecule has 1 aromatic carbocycles. The summed E-state index contributed by atoms with van der Waals surface area (Å²) in [5.74, 6) is -2.59. The second-order valence-corrected chi connectivity index (χ2v) is 5.25. The molecule has 1 fully saturated rings. The maximum absolute atomic E-state index is 12.1. The summed E-state index contributed by atoms with van der Waals surface area (Å²) in [4.78, 5) is 46.5. The first-order valence-corrected chi connectivity index (χ1v) is 6.87. The zero-order chi connectivity index (χ0) is 16.3. The average Bonchev–Trinajstić information content (AvgIpc) is 2.75. The molecule has 1 heterocycles. The van der Waals surface area contributed by atoms with Crippen LogP contribution >= 0.6 is 11.8 Å². The highest BCUT2D eigenvalue weighted by Crippen LogP contribution is 2.32. The van der Waals surface area contributed by atoms with Gasteiger partial charge in [0.15, 0.2) is 0 Å². The Morgan fingerprint density at radius 3 is 2.45 bits per heavy atom. The first kappa shape index (κ1) is 15.8. The molecular weight excluding hydrogens is 310 g/mol. The number of imide groups is 1. The maximum Gasteiger partial charge on any atom is 0.325 e. The van der Waals surface area contributed by atoms with Gasteiger partial charge in [0, 0.05) is 0 Å². The normalized spacial score (nSPS) is 16.2. The molecule has 0 atom stereocenters. The summed E-state index contributed by atoms with van der Waals surface area (Å²) in [6.07, 6.45) is 1.45. The summed E-state index contributed by atoms with van der Waals surface area (Å²) < 4.78 is 4.42. The third-order valence-corrected chi connectivity index (χ3v) is 3.74. The van der Waals surface area contributed by atoms with Crippen LogP contribution in [0.3, 0.4) is 0 Å². The van der Waals surface area contributed by atoms with E-state index in [2.05, 4.69) is 4.74 Å². The lowest BCUT2D eigenvalue weighted by atomic mass is 10.1. The van der Waals surface area contributed by atoms with Gasteiger partial charge in [-0.3, -0.25) is 19.3 Å². The first-order valence-electron chi connectivity index (χ1n) is 6.06. The predicted octanol–water partition coefficient (Wildman–Crippen LogP) is 0.259. The monoisotopic (exact) mass is 320 g/mol. The first-order chi connectivity index (χ1) is 10.4. The molecule has 0 aliphatic carbocycles. The number of hydrogen-bond acceptors (Lipinski definition) is 7. The molecule has 0 bridgehead atoms. The number of benzene rings is 1. The third kappa shape index (κ3) is 3.34. The molecular formula is C14H10NO6S-. The van der Waals surface area contributed by atoms with Crippen LogP contribution in [0, 0.1) is 0 Å². The van der Waals surface area contributed by atoms with E-state index in [0.29, 0.717) is 17.3 Å². The van der Waals surface area contributed by atoms with E-state index in [-0.39, 0.29) is 10.5 Å². The number of hydrogen-bond donors (Lipinski definition) is 0. The molecule has 1 saturated heterocycles. The summed E-state index contributed by atoms with van der Waals surface area (Å²) in [5.41, 5.74) is 0.560. The van der Waals surface area contributed by atoms with Gasteiger partial charge in [-0.05, 0) is 29.0 Å². The zero-order valence-electron chi connectivity index (χ0n) is 11.4. The minimum absolute atomic E-state index is 0.0101. The maximum atomic E-state index is 12.1. The van der Waals surface area contributed by atoms with Gasteiger partial charge in [-0.15, -0.1) is 0 Å². The van der Waals surface area contributed by atoms with Crippen LogP contribution in [0.15, 0.2) is 29.2 Å². The minimum atomic E-state index is -1.30. The zero-order valence-corrected chi connectivity index (χ0v) is 12.2. The van der Waals surface area contributed by atoms with Gasteiger partial charge in [0.25, 0.3) is 11.1 Å². The van der Waals surface area contributed by atoms with Crippen LogP contribution in [0.2, 0.25) is 0 Å². The number of esters is 1. The Morgan fingerprint density at radius 1 is 1.27 bits per heavy atom. The molecule has 114 valence electrons. The lowest BCUT2D eigenvalue weighted by molar-refractivity contribution is -0.255. The second kappa shape index (κ2) is 6.44. The molecule has 0 aromatic heterocycles. The fourth-order valence-corrected chi connectivity index (χ4v) is 2.54. The third-order valence-electron chi connectivity index (χ3n) is 2.83. The van der Waals surface area contributed by atoms with Gasteiger partial charge >= 0.3 is 5.97 Å². The average molecular weight is 320 g/mol. The highest BCUT2D eigenvalue weighted by atomic mass is 32.2. The number of amides is 2. The Balaban J connectivity index is 2.19. The van der Waals surface area contributed by atoms with Gasteiger partial charge in [0.1, 0.15) is 6.54 Å². The molecule has 0 spiro atoms. The molecule has 1 aliphatic heterocycles. The molecule has 22 heavy (non-hydrogen) atoms. The van der Waals surface area contributed by atoms with Crippen molar-refractivity contribution in [3.63, 3.8) is 0 Å². The highest BCUT2D eigenvalue weighted by Gasteiger charge is 2.36. The number of carbonyl (C=O) groups excluding carboxylic acids is 4. The Labute approximate surface area is 129 Å². The smallest absolute Gasteiger partial charge is 0.325 e. The molecule has 0 saturated carbocycles. The van der Waals surface area contributed by atoms with E-state index in [1.54, 1.807) is 0 Å². The van der Waals surface area contributed by atoms with Crippen molar-refractivity contribution >= 4 is 40.9 Å². The molecule has 7 nitrogen and oxygen atoms in total. The molecule has 1 aromatic rings. The van der Waals surface area contributed by atoms with Crippen LogP contribution in [0.5, 0.6) is 0 Å². The van der Waals surface area contributed by atoms with E-state index in [9.17, 15) is 24.3 Å². The van der Waals surface area contributed by atoms with Gasteiger partial charge in [-0.25, -0.2) is 0 Å². The Hall–Kier alpha value is -2.61. The number of rotatable bonds is 4. The number of carbonyl (C=O) groups is 4. The summed E-state index contributed by atoms with van der Waals surface area (Å²) in [6, 6.07) is 5.64. The Kier molecular flexibility index (Phi) is 4.62. The molecule has 8 heteroatoms. The van der Waals surface area contributed by atoms with Crippen LogP contribution in [0.1, 0.15) is 15.9 Å². The van der Waals surface area contributed by atoms with Crippen molar-refractivity contribution in [3.8, 4) is 0 Å². The van der Waals surface area contributed by atoms with Crippen LogP contribution in [-0.4, -0.2) is 41.6 Å². The summed E-state index contributed by atoms with van der Waals surface area (Å²) in [5, 5.41) is 10.1. The number of ether oxygens (including phenoxy) is 1. The van der Waals surface area contributed by atoms with E-state index in [1.807, 2.05) is 0 Å². The summed E-state index contributed by atoms with van der Waals surface area (Å²) >= 11 is 0.702. The molecule has 1 aliphatic rings. The molecule has 2 amide bonds. The second-order valence-electron chi connectivity index (χ2n) is 4.25. The number of aromatic carboxylic acids is 1. The standard InChI is InChI=1S/C14H11NO6S/c1-21-11(16)7-15-12(17)10(22-14(15)20)6-8-2-4-9(5-3-8)13(18)19/h2-6H,7H2,1H3,(H,18,19)/p-1/b10-6-. The topological polar surface area (TPSA) is 104 Å². The van der Waals surface area contributed by atoms with E-state index in [1.165, 1.54) is 30.3 Å². The molecule has 2 rings (SSSR count). The fraction of sp³-hybridized carbons (Fsp3) is 0.143. The van der Waals surface area contributed by atoms with Crippen LogP contribution in [-0.2, 0) is 14.3 Å². The highest BCUT2D eigenvalue weighted by molar-refractivity contribution is 8.18. The van der Waals surface area contributed by atoms with E-state index in [4.69, 9.17) is 0 Å². The predicted molar refractivity (Wildman–Crippen MR) is 75.5 cm³/mol. The lowest BCUT2D eigenvalue weighted by Gasteiger charge is -2.09. The van der Waals surface area contributed by atoms with Crippen LogP contribution in [0.25, 0.3) is 6.08 Å². The Bertz CT molecular complexity index is 679. The van der Waals surface area contributed by atoms with Crippen molar-refractivity contribution in [2.45, 2.75) is 0 Å². The van der Waals surface area contributed by atoms with E-state index < -0.39 is 29.6 Å². The van der Waals surface area contributed by atoms with Crippen molar-refractivity contribution in [2.75, 3.05) is 13.7 Å². The van der Waals surface area contributed by atoms with Crippen molar-refractivity contribution in [2.24, 2.45) is 0 Å². The SMILES string of the molecule is COC(=O)CN1C(=O)S/C(=C\c2ccc(C(=O)[O-])cc2)C1=O. The quantitative estimate of drug-likeness (QED) is 0.579. The number of nitrogens with zero attached hydrogens (tertiary/aromatic N) is 1. The van der Waals surface area contributed by atoms with Crippen LogP contribution in [0.4, 0.5) is 4.79 Å². The number of carboxylic acid groups (broad SMARTS) is 1. The number of methoxy groups -OCH3 is 1. The van der Waals surface area contributed by atoms with Gasteiger partial charge < -0.3 is 14.6 Å². The van der Waals surface area contributed by atoms with Crippen molar-refractivity contribution in [1.29, 1.82) is 0 Å². The summed E-state index contributed by atoms with van der Waals surface area (Å²) in [6.45, 7) is -0.442. The fourth-order valence-electron chi connectivity index (χ4n) is 1.70. The lowest BCUT2D eigenvalue weighted by Crippen LogP contribution is -2.34. The Morgan fingerprint density at radius 2 is 1.91 bits per heavy atom. The van der Waals surface area contributed by atoms with Crippen molar-refractivity contribution in [1.82, 2.24) is 4.90 Å². The van der Waals surface area contributed by atoms with Crippen molar-refractivity contribution < 1.29 is 29.0 Å².